The molecular weight excluding hydrogens is 348 g/mol. The molecule has 8 nitrogen and oxygen atoms in total. The first kappa shape index (κ1) is 17.3. The Balaban J connectivity index is 1.35. The fourth-order valence-electron chi connectivity index (χ4n) is 3.17. The molecule has 2 aromatic heterocycles. The predicted molar refractivity (Wildman–Crippen MR) is 99.5 cm³/mol. The molecule has 1 fully saturated rings. The summed E-state index contributed by atoms with van der Waals surface area (Å²) < 4.78 is 10.9. The number of nitrogens with one attached hydrogen (secondary N) is 2. The number of aromatic amines is 1. The number of nitrogens with zero attached hydrogens (tertiary/aromatic N) is 2. The zero-order valence-electron chi connectivity index (χ0n) is 14.7. The van der Waals surface area contributed by atoms with Crippen molar-refractivity contribution in [3.05, 3.63) is 58.8 Å². The van der Waals surface area contributed by atoms with Gasteiger partial charge in [0.25, 0.3) is 0 Å². The number of amides is 2. The molecule has 1 aromatic carbocycles. The predicted octanol–water partition coefficient (Wildman–Crippen LogP) is 2.73. The summed E-state index contributed by atoms with van der Waals surface area (Å²) in [4.78, 5) is 32.4. The van der Waals surface area contributed by atoms with Crippen LogP contribution in [0.15, 0.2) is 51.8 Å². The number of hydrogen-bond donors (Lipinski definition) is 2. The van der Waals surface area contributed by atoms with Crippen LogP contribution in [0, 0.1) is 0 Å². The number of H-pyrrole nitrogens is 1. The van der Waals surface area contributed by atoms with Gasteiger partial charge in [-0.3, -0.25) is 9.97 Å². The third-order valence-electron chi connectivity index (χ3n) is 4.53. The molecule has 140 valence electrons. The Morgan fingerprint density at radius 1 is 1.37 bits per heavy atom. The second-order valence-electron chi connectivity index (χ2n) is 6.50. The van der Waals surface area contributed by atoms with E-state index < -0.39 is 5.76 Å². The van der Waals surface area contributed by atoms with Gasteiger partial charge < -0.3 is 19.4 Å². The highest BCUT2D eigenvalue weighted by molar-refractivity contribution is 5.91. The van der Waals surface area contributed by atoms with E-state index in [4.69, 9.17) is 9.15 Å². The van der Waals surface area contributed by atoms with Crippen LogP contribution >= 0.6 is 0 Å². The van der Waals surface area contributed by atoms with Gasteiger partial charge in [0.05, 0.1) is 23.9 Å². The Morgan fingerprint density at radius 3 is 3.15 bits per heavy atom. The number of likely N-dealkylation sites (tertiary alicyclic amines) is 1. The van der Waals surface area contributed by atoms with Crippen molar-refractivity contribution in [1.82, 2.24) is 14.9 Å². The van der Waals surface area contributed by atoms with Gasteiger partial charge in [0.15, 0.2) is 5.58 Å². The monoisotopic (exact) mass is 368 g/mol. The van der Waals surface area contributed by atoms with Gasteiger partial charge in [0.2, 0.25) is 0 Å². The molecule has 0 saturated carbocycles. The molecular formula is C19H20N4O4. The fourth-order valence-corrected chi connectivity index (χ4v) is 3.17. The van der Waals surface area contributed by atoms with Crippen LogP contribution in [-0.2, 0) is 11.3 Å². The number of carbonyl (C=O) groups excluding carboxylic acids is 1. The first-order valence-corrected chi connectivity index (χ1v) is 8.88. The number of urea groups is 1. The molecule has 1 saturated heterocycles. The largest absolute Gasteiger partial charge is 0.417 e. The number of carbonyl (C=O) groups is 1. The van der Waals surface area contributed by atoms with Crippen molar-refractivity contribution < 1.29 is 13.9 Å². The van der Waals surface area contributed by atoms with E-state index in [9.17, 15) is 9.59 Å². The smallest absolute Gasteiger partial charge is 0.408 e. The molecule has 0 aliphatic carbocycles. The van der Waals surface area contributed by atoms with Gasteiger partial charge in [-0.2, -0.15) is 0 Å². The lowest BCUT2D eigenvalue weighted by atomic mass is 10.1. The minimum atomic E-state index is -0.516. The van der Waals surface area contributed by atoms with E-state index in [1.54, 1.807) is 29.3 Å². The Morgan fingerprint density at radius 2 is 2.30 bits per heavy atom. The summed E-state index contributed by atoms with van der Waals surface area (Å²) in [6, 6.07) is 10.6. The second kappa shape index (κ2) is 7.63. The Labute approximate surface area is 155 Å². The Kier molecular flexibility index (Phi) is 4.88. The van der Waals surface area contributed by atoms with Gasteiger partial charge >= 0.3 is 11.8 Å². The highest BCUT2D eigenvalue weighted by atomic mass is 16.5. The quantitative estimate of drug-likeness (QED) is 0.737. The van der Waals surface area contributed by atoms with Crippen molar-refractivity contribution >= 4 is 22.8 Å². The highest BCUT2D eigenvalue weighted by Gasteiger charge is 2.24. The van der Waals surface area contributed by atoms with Crippen LogP contribution < -0.4 is 11.1 Å². The lowest BCUT2D eigenvalue weighted by Gasteiger charge is -2.32. The first-order valence-electron chi connectivity index (χ1n) is 8.88. The second-order valence-corrected chi connectivity index (χ2v) is 6.50. The van der Waals surface area contributed by atoms with E-state index in [-0.39, 0.29) is 12.1 Å². The van der Waals surface area contributed by atoms with Crippen LogP contribution in [0.5, 0.6) is 0 Å². The number of benzene rings is 1. The van der Waals surface area contributed by atoms with Crippen LogP contribution in [0.2, 0.25) is 0 Å². The summed E-state index contributed by atoms with van der Waals surface area (Å²) in [6.07, 6.45) is 3.52. The van der Waals surface area contributed by atoms with Crippen LogP contribution in [-0.4, -0.2) is 40.1 Å². The maximum Gasteiger partial charge on any atom is 0.417 e. The van der Waals surface area contributed by atoms with Gasteiger partial charge in [0, 0.05) is 31.0 Å². The summed E-state index contributed by atoms with van der Waals surface area (Å²) in [7, 11) is 0. The Bertz CT molecular complexity index is 982. The van der Waals surface area contributed by atoms with Crippen molar-refractivity contribution in [3.63, 3.8) is 0 Å². The number of aromatic nitrogens is 2. The maximum atomic E-state index is 12.6. The third-order valence-corrected chi connectivity index (χ3v) is 4.53. The Hall–Kier alpha value is -3.13. The van der Waals surface area contributed by atoms with Crippen molar-refractivity contribution in [2.24, 2.45) is 0 Å². The molecule has 8 heteroatoms. The van der Waals surface area contributed by atoms with E-state index >= 15 is 0 Å². The van der Waals surface area contributed by atoms with Crippen LogP contribution in [0.3, 0.4) is 0 Å². The molecule has 4 rings (SSSR count). The van der Waals surface area contributed by atoms with Crippen molar-refractivity contribution in [2.75, 3.05) is 18.4 Å². The van der Waals surface area contributed by atoms with E-state index in [1.807, 2.05) is 18.2 Å². The molecule has 1 aliphatic rings. The summed E-state index contributed by atoms with van der Waals surface area (Å²) in [5.74, 6) is -0.516. The maximum absolute atomic E-state index is 12.6. The number of oxazole rings is 1. The van der Waals surface area contributed by atoms with E-state index in [0.29, 0.717) is 36.5 Å². The standard InChI is InChI=1S/C19H20N4O4/c24-18(21-13-6-7-16-17(10-13)27-19(25)22-16)23-9-3-5-15(11-23)26-12-14-4-1-2-8-20-14/h1-2,4,6-8,10,15H,3,5,9,11-12H2,(H,21,24)(H,22,25)/t15-/m0/s1. The molecule has 0 radical (unpaired) electrons. The van der Waals surface area contributed by atoms with Crippen molar-refractivity contribution in [3.8, 4) is 0 Å². The van der Waals surface area contributed by atoms with Gasteiger partial charge in [0.1, 0.15) is 0 Å². The van der Waals surface area contributed by atoms with E-state index in [2.05, 4.69) is 15.3 Å². The van der Waals surface area contributed by atoms with Crippen LogP contribution in [0.4, 0.5) is 10.5 Å². The summed E-state index contributed by atoms with van der Waals surface area (Å²) in [6.45, 7) is 1.64. The molecule has 27 heavy (non-hydrogen) atoms. The number of fused-ring (bicyclic) bond motifs is 1. The van der Waals surface area contributed by atoms with Gasteiger partial charge in [-0.1, -0.05) is 6.07 Å². The average Bonchev–Trinajstić information content (AvgIpc) is 3.07. The minimum absolute atomic E-state index is 0.0170. The third kappa shape index (κ3) is 4.17. The van der Waals surface area contributed by atoms with E-state index in [0.717, 1.165) is 18.5 Å². The molecule has 3 heterocycles. The first-order chi connectivity index (χ1) is 13.2. The van der Waals surface area contributed by atoms with Gasteiger partial charge in [-0.15, -0.1) is 0 Å². The van der Waals surface area contributed by atoms with Crippen molar-refractivity contribution in [1.29, 1.82) is 0 Å². The molecule has 1 atom stereocenters. The number of hydrogen-bond acceptors (Lipinski definition) is 5. The summed E-state index contributed by atoms with van der Waals surface area (Å²) in [5.41, 5.74) is 2.46. The molecule has 2 amide bonds. The number of pyridine rings is 1. The normalized spacial score (nSPS) is 17.2. The molecule has 0 spiro atoms. The number of anilines is 1. The number of ether oxygens (including phenoxy) is 1. The molecule has 0 unspecified atom stereocenters. The minimum Gasteiger partial charge on any atom is -0.408 e. The topological polar surface area (TPSA) is 100 Å². The van der Waals surface area contributed by atoms with Gasteiger partial charge in [-0.25, -0.2) is 9.59 Å². The molecule has 1 aliphatic heterocycles. The molecule has 0 bridgehead atoms. The van der Waals surface area contributed by atoms with Gasteiger partial charge in [-0.05, 0) is 37.1 Å². The van der Waals surface area contributed by atoms with Crippen LogP contribution in [0.25, 0.3) is 11.1 Å². The van der Waals surface area contributed by atoms with E-state index in [1.165, 1.54) is 0 Å². The number of rotatable bonds is 4. The highest BCUT2D eigenvalue weighted by Crippen LogP contribution is 2.19. The SMILES string of the molecule is O=C(Nc1ccc2[nH]c(=O)oc2c1)N1CCC[C@H](OCc2ccccn2)C1. The molecule has 3 aromatic rings. The number of piperidine rings is 1. The average molecular weight is 368 g/mol. The zero-order valence-corrected chi connectivity index (χ0v) is 14.7. The van der Waals surface area contributed by atoms with Crippen LogP contribution in [0.1, 0.15) is 18.5 Å². The lowest BCUT2D eigenvalue weighted by molar-refractivity contribution is -0.000325. The summed E-state index contributed by atoms with van der Waals surface area (Å²) >= 11 is 0. The fraction of sp³-hybridized carbons (Fsp3) is 0.316. The molecule has 2 N–H and O–H groups in total. The van der Waals surface area contributed by atoms with Crippen molar-refractivity contribution in [2.45, 2.75) is 25.6 Å². The zero-order chi connectivity index (χ0) is 18.6. The lowest BCUT2D eigenvalue weighted by Crippen LogP contribution is -2.45. The summed E-state index contributed by atoms with van der Waals surface area (Å²) in [5, 5.41) is 2.85.